The zero-order valence-corrected chi connectivity index (χ0v) is 11.9. The van der Waals surface area contributed by atoms with Crippen LogP contribution in [0.3, 0.4) is 0 Å². The monoisotopic (exact) mass is 252 g/mol. The summed E-state index contributed by atoms with van der Waals surface area (Å²) in [7, 11) is 1.66. The zero-order valence-electron chi connectivity index (χ0n) is 11.9. The summed E-state index contributed by atoms with van der Waals surface area (Å²) in [6, 6.07) is 5.95. The second kappa shape index (κ2) is 6.18. The molecule has 1 aromatic carbocycles. The predicted molar refractivity (Wildman–Crippen MR) is 73.5 cm³/mol. The van der Waals surface area contributed by atoms with Crippen LogP contribution in [0.25, 0.3) is 0 Å². The van der Waals surface area contributed by atoms with E-state index in [0.717, 1.165) is 11.3 Å². The van der Waals surface area contributed by atoms with Crippen LogP contribution >= 0.6 is 0 Å². The van der Waals surface area contributed by atoms with Crippen molar-refractivity contribution in [3.63, 3.8) is 0 Å². The fourth-order valence-electron chi connectivity index (χ4n) is 1.69. The van der Waals surface area contributed by atoms with Gasteiger partial charge in [-0.25, -0.2) is 0 Å². The molecule has 0 radical (unpaired) electrons. The predicted octanol–water partition coefficient (Wildman–Crippen LogP) is 2.32. The number of benzene rings is 1. The van der Waals surface area contributed by atoms with E-state index in [-0.39, 0.29) is 11.6 Å². The molecule has 1 rings (SSSR count). The Morgan fingerprint density at radius 3 is 2.50 bits per heavy atom. The molecule has 4 heteroatoms. The van der Waals surface area contributed by atoms with E-state index >= 15 is 0 Å². The molecule has 0 saturated heterocycles. The van der Waals surface area contributed by atoms with E-state index in [1.54, 1.807) is 7.11 Å². The molecule has 0 amide bonds. The molecule has 0 saturated carbocycles. The van der Waals surface area contributed by atoms with Gasteiger partial charge in [-0.15, -0.1) is 0 Å². The first-order chi connectivity index (χ1) is 8.37. The minimum Gasteiger partial charge on any atom is -0.496 e. The molecule has 0 aliphatic rings. The van der Waals surface area contributed by atoms with Gasteiger partial charge >= 0.3 is 0 Å². The summed E-state index contributed by atoms with van der Waals surface area (Å²) in [6.07, 6.45) is 0. The highest BCUT2D eigenvalue weighted by molar-refractivity contribution is 5.39. The Morgan fingerprint density at radius 2 is 2.00 bits per heavy atom. The molecule has 4 nitrogen and oxygen atoms in total. The highest BCUT2D eigenvalue weighted by Gasteiger charge is 2.19. The van der Waals surface area contributed by atoms with Gasteiger partial charge in [0.25, 0.3) is 0 Å². The van der Waals surface area contributed by atoms with E-state index in [2.05, 4.69) is 11.5 Å². The highest BCUT2D eigenvalue weighted by atomic mass is 16.5. The minimum absolute atomic E-state index is 0.0842. The molecule has 0 aliphatic carbocycles. The molecule has 1 atom stereocenters. The van der Waals surface area contributed by atoms with Crippen LogP contribution in [-0.2, 0) is 4.74 Å². The fraction of sp³-hybridized carbons (Fsp3) is 0.571. The molecular formula is C14H24N2O2. The van der Waals surface area contributed by atoms with E-state index in [1.165, 1.54) is 5.56 Å². The number of ether oxygens (including phenoxy) is 2. The first kappa shape index (κ1) is 15.0. The molecule has 102 valence electrons. The van der Waals surface area contributed by atoms with Gasteiger partial charge in [-0.2, -0.15) is 0 Å². The van der Waals surface area contributed by atoms with Gasteiger partial charge in [0.2, 0.25) is 0 Å². The summed E-state index contributed by atoms with van der Waals surface area (Å²) >= 11 is 0. The smallest absolute Gasteiger partial charge is 0.123 e. The lowest BCUT2D eigenvalue weighted by atomic mass is 10.0. The summed E-state index contributed by atoms with van der Waals surface area (Å²) in [6.45, 7) is 8.61. The minimum atomic E-state index is -0.188. The van der Waals surface area contributed by atoms with Crippen molar-refractivity contribution in [3.8, 4) is 5.75 Å². The van der Waals surface area contributed by atoms with Gasteiger partial charge in [0, 0.05) is 5.56 Å². The van der Waals surface area contributed by atoms with E-state index in [1.807, 2.05) is 39.8 Å². The lowest BCUT2D eigenvalue weighted by molar-refractivity contribution is -0.0150. The van der Waals surface area contributed by atoms with E-state index in [9.17, 15) is 0 Å². The first-order valence-corrected chi connectivity index (χ1v) is 6.12. The van der Waals surface area contributed by atoms with Crippen LogP contribution in [-0.4, -0.2) is 19.3 Å². The Balaban J connectivity index is 2.90. The number of methoxy groups -OCH3 is 1. The molecule has 0 aromatic heterocycles. The number of aryl methyl sites for hydroxylation is 1. The van der Waals surface area contributed by atoms with Crippen molar-refractivity contribution in [1.29, 1.82) is 0 Å². The van der Waals surface area contributed by atoms with Gasteiger partial charge < -0.3 is 9.47 Å². The molecule has 1 aromatic rings. The Morgan fingerprint density at radius 1 is 1.33 bits per heavy atom. The van der Waals surface area contributed by atoms with Gasteiger partial charge in [-0.3, -0.25) is 11.3 Å². The Labute approximate surface area is 109 Å². The van der Waals surface area contributed by atoms with Crippen molar-refractivity contribution >= 4 is 0 Å². The average molecular weight is 252 g/mol. The third kappa shape index (κ3) is 4.29. The van der Waals surface area contributed by atoms with Crippen LogP contribution in [0.4, 0.5) is 0 Å². The van der Waals surface area contributed by atoms with Crippen LogP contribution in [0.5, 0.6) is 5.75 Å². The molecule has 3 N–H and O–H groups in total. The topological polar surface area (TPSA) is 56.5 Å². The molecule has 0 bridgehead atoms. The average Bonchev–Trinajstić information content (AvgIpc) is 2.28. The summed E-state index contributed by atoms with van der Waals surface area (Å²) in [5.41, 5.74) is 4.79. The van der Waals surface area contributed by atoms with E-state index in [4.69, 9.17) is 15.3 Å². The molecule has 0 aliphatic heterocycles. The maximum absolute atomic E-state index is 5.78. The normalized spacial score (nSPS) is 13.4. The summed E-state index contributed by atoms with van der Waals surface area (Å²) in [5.74, 6) is 6.44. The summed E-state index contributed by atoms with van der Waals surface area (Å²) in [5, 5.41) is 0. The standard InChI is InChI=1S/C14H24N2O2/c1-10-6-7-13(17-5)11(8-10)12(16-15)9-18-14(2,3)4/h6-8,12,16H,9,15H2,1-5H3. The van der Waals surface area contributed by atoms with Crippen LogP contribution in [0.1, 0.15) is 37.9 Å². The summed E-state index contributed by atoms with van der Waals surface area (Å²) in [4.78, 5) is 0. The van der Waals surface area contributed by atoms with Crippen molar-refractivity contribution in [1.82, 2.24) is 5.43 Å². The molecular weight excluding hydrogens is 228 g/mol. The Hall–Kier alpha value is -1.10. The number of rotatable bonds is 5. The molecule has 1 unspecified atom stereocenters. The first-order valence-electron chi connectivity index (χ1n) is 6.12. The number of nitrogens with one attached hydrogen (secondary N) is 1. The lowest BCUT2D eigenvalue weighted by Crippen LogP contribution is -2.34. The van der Waals surface area contributed by atoms with E-state index < -0.39 is 0 Å². The van der Waals surface area contributed by atoms with Crippen molar-refractivity contribution in [2.75, 3.05) is 13.7 Å². The number of hydrazine groups is 1. The second-order valence-corrected chi connectivity index (χ2v) is 5.39. The molecule has 0 fully saturated rings. The number of nitrogens with two attached hydrogens (primary N) is 1. The number of hydrogen-bond acceptors (Lipinski definition) is 4. The van der Waals surface area contributed by atoms with Crippen LogP contribution < -0.4 is 16.0 Å². The molecule has 0 spiro atoms. The van der Waals surface area contributed by atoms with Crippen molar-refractivity contribution in [3.05, 3.63) is 29.3 Å². The van der Waals surface area contributed by atoms with Crippen molar-refractivity contribution < 1.29 is 9.47 Å². The second-order valence-electron chi connectivity index (χ2n) is 5.39. The van der Waals surface area contributed by atoms with Gasteiger partial charge in [0.1, 0.15) is 5.75 Å². The SMILES string of the molecule is COc1ccc(C)cc1C(COC(C)(C)C)NN. The molecule has 0 heterocycles. The fourth-order valence-corrected chi connectivity index (χ4v) is 1.69. The summed E-state index contributed by atoms with van der Waals surface area (Å²) < 4.78 is 11.1. The molecule has 18 heavy (non-hydrogen) atoms. The van der Waals surface area contributed by atoms with Gasteiger partial charge in [0.05, 0.1) is 25.4 Å². The maximum Gasteiger partial charge on any atom is 0.123 e. The van der Waals surface area contributed by atoms with E-state index in [0.29, 0.717) is 6.61 Å². The van der Waals surface area contributed by atoms with Gasteiger partial charge in [-0.1, -0.05) is 17.7 Å². The van der Waals surface area contributed by atoms with Crippen LogP contribution in [0.15, 0.2) is 18.2 Å². The van der Waals surface area contributed by atoms with Crippen LogP contribution in [0, 0.1) is 6.92 Å². The third-order valence-electron chi connectivity index (χ3n) is 2.64. The lowest BCUT2D eigenvalue weighted by Gasteiger charge is -2.25. The van der Waals surface area contributed by atoms with Gasteiger partial charge in [0.15, 0.2) is 0 Å². The Bertz CT molecular complexity index is 386. The van der Waals surface area contributed by atoms with Crippen molar-refractivity contribution in [2.45, 2.75) is 39.3 Å². The van der Waals surface area contributed by atoms with Crippen molar-refractivity contribution in [2.24, 2.45) is 5.84 Å². The Kier molecular flexibility index (Phi) is 5.14. The quantitative estimate of drug-likeness (QED) is 0.624. The largest absolute Gasteiger partial charge is 0.496 e. The third-order valence-corrected chi connectivity index (χ3v) is 2.64. The maximum atomic E-state index is 5.78. The number of hydrogen-bond donors (Lipinski definition) is 2. The highest BCUT2D eigenvalue weighted by Crippen LogP contribution is 2.27. The van der Waals surface area contributed by atoms with Gasteiger partial charge in [-0.05, 0) is 33.8 Å². The zero-order chi connectivity index (χ0) is 13.8. The van der Waals surface area contributed by atoms with Crippen LogP contribution in [0.2, 0.25) is 0 Å².